The Bertz CT molecular complexity index is 4530. The zero-order valence-corrected chi connectivity index (χ0v) is 24.4. The Balaban J connectivity index is 1.68. The first-order valence-corrected chi connectivity index (χ1v) is 14.4. The largest absolute Gasteiger partial charge is 0.456 e. The summed E-state index contributed by atoms with van der Waals surface area (Å²) in [6, 6.07) is -30.9. The van der Waals surface area contributed by atoms with E-state index in [9.17, 15) is 17.8 Å². The van der Waals surface area contributed by atoms with Gasteiger partial charge in [0.05, 0.1) is 41.1 Å². The number of hydrogen-bond acceptors (Lipinski definition) is 1. The molecule has 49 heavy (non-hydrogen) atoms. The van der Waals surface area contributed by atoms with Crippen LogP contribution in [0.2, 0.25) is 0 Å². The molecule has 0 saturated carbocycles. The van der Waals surface area contributed by atoms with E-state index in [4.69, 9.17) is 27.7 Å². The normalized spacial score (nSPS) is 20.2. The average molecular weight is 653 g/mol. The molecule has 0 unspecified atom stereocenters. The lowest BCUT2D eigenvalue weighted by molar-refractivity contribution is 0.669. The van der Waals surface area contributed by atoms with Crippen LogP contribution in [0.15, 0.2) is 186 Å². The molecular formula is C48H30O. The van der Waals surface area contributed by atoms with Gasteiger partial charge < -0.3 is 4.42 Å². The molecule has 1 aromatic heterocycles. The summed E-state index contributed by atoms with van der Waals surface area (Å²) in [6.45, 7) is 0. The van der Waals surface area contributed by atoms with E-state index in [-0.39, 0.29) is 0 Å². The molecule has 0 aliphatic carbocycles. The molecule has 0 spiro atoms. The van der Waals surface area contributed by atoms with E-state index in [1.54, 1.807) is 0 Å². The SMILES string of the molecule is [2H]c1c([2H])c([2H])c(-c2c(-c3c([2H])c([2H])c([2H])c4c([2H])c([2H])c([2H])c([2H])c34)c([2H])c3c(-c4c([2H])c([2H])c([2H])c([2H])c4[2H])c4c([2H])c([2H])c([2H])c([2H])c4c(-c4c([2H])c([2H])c5oc6c([2H])c([2H])c([2H])c([2H])c6c5c4[2H])c3c2[2H])c([2H])c1[2H]. The summed E-state index contributed by atoms with van der Waals surface area (Å²) >= 11 is 0. The van der Waals surface area contributed by atoms with Crippen LogP contribution < -0.4 is 0 Å². The molecule has 0 aliphatic heterocycles. The Labute approximate surface area is 326 Å². The standard InChI is InChI=1S/C48H30O/c1-3-14-32(15-4-1)40-29-43-44(30-41(40)36-24-13-19-31-16-7-8-20-35(31)36)47(33-17-5-2-6-18-33)38-22-9-10-23-39(38)48(43)34-26-27-46-42(28-34)37-21-11-12-25-45(37)49-46/h1-30H/i1D,2D,3D,4D,5D,6D,7D,8D,9D,10D,11D,12D,13D,14D,15D,16D,17D,18D,19D,20D,21D,22D,23D,24D,25D,26D,27D,28D,29D,30D. The first-order valence-electron chi connectivity index (χ1n) is 29.4. The second-order valence-corrected chi connectivity index (χ2v) is 10.5. The van der Waals surface area contributed by atoms with Gasteiger partial charge in [-0.25, -0.2) is 0 Å². The molecular weight excluding hydrogens is 593 g/mol. The van der Waals surface area contributed by atoms with Crippen molar-refractivity contribution in [3.05, 3.63) is 181 Å². The van der Waals surface area contributed by atoms with Gasteiger partial charge in [-0.05, 0) is 107 Å². The highest BCUT2D eigenvalue weighted by atomic mass is 16.3. The summed E-state index contributed by atoms with van der Waals surface area (Å²) in [6.07, 6.45) is 0. The van der Waals surface area contributed by atoms with Crippen molar-refractivity contribution in [2.24, 2.45) is 0 Å². The maximum Gasteiger partial charge on any atom is 0.135 e. The predicted molar refractivity (Wildman–Crippen MR) is 208 cm³/mol. The van der Waals surface area contributed by atoms with Crippen LogP contribution in [-0.4, -0.2) is 0 Å². The first kappa shape index (κ1) is 11.1. The van der Waals surface area contributed by atoms with Crippen LogP contribution in [0.25, 0.3) is 98.8 Å². The third-order valence-electron chi connectivity index (χ3n) is 7.89. The molecule has 228 valence electrons. The highest BCUT2D eigenvalue weighted by Gasteiger charge is 2.21. The van der Waals surface area contributed by atoms with Gasteiger partial charge in [0.15, 0.2) is 0 Å². The van der Waals surface area contributed by atoms with Crippen LogP contribution in [0.3, 0.4) is 0 Å². The molecule has 1 heteroatoms. The molecule has 0 saturated heterocycles. The second-order valence-electron chi connectivity index (χ2n) is 10.5. The van der Waals surface area contributed by atoms with E-state index >= 15 is 0 Å². The monoisotopic (exact) mass is 652 g/mol. The summed E-state index contributed by atoms with van der Waals surface area (Å²) in [5.41, 5.74) is -8.81. The number of hydrogen-bond donors (Lipinski definition) is 0. The molecule has 1 heterocycles. The molecule has 9 aromatic carbocycles. The summed E-state index contributed by atoms with van der Waals surface area (Å²) in [4.78, 5) is 0. The van der Waals surface area contributed by atoms with Crippen LogP contribution >= 0.6 is 0 Å². The van der Waals surface area contributed by atoms with Gasteiger partial charge in [-0.2, -0.15) is 0 Å². The van der Waals surface area contributed by atoms with Gasteiger partial charge in [-0.15, -0.1) is 0 Å². The van der Waals surface area contributed by atoms with Crippen LogP contribution in [0.4, 0.5) is 0 Å². The van der Waals surface area contributed by atoms with Crippen molar-refractivity contribution in [2.45, 2.75) is 0 Å². The highest BCUT2D eigenvalue weighted by Crippen LogP contribution is 2.48. The minimum absolute atomic E-state index is 0.523. The van der Waals surface area contributed by atoms with E-state index in [1.807, 2.05) is 0 Å². The summed E-state index contributed by atoms with van der Waals surface area (Å²) in [5.74, 6) is 0. The Morgan fingerprint density at radius 3 is 1.61 bits per heavy atom. The highest BCUT2D eigenvalue weighted by molar-refractivity contribution is 6.24. The quantitative estimate of drug-likeness (QED) is 0.172. The van der Waals surface area contributed by atoms with Crippen molar-refractivity contribution in [3.8, 4) is 44.5 Å². The molecule has 0 amide bonds. The van der Waals surface area contributed by atoms with Crippen LogP contribution in [0.1, 0.15) is 41.1 Å². The molecule has 0 N–H and O–H groups in total. The Hall–Kier alpha value is -6.44. The molecule has 0 bridgehead atoms. The number of furan rings is 1. The van der Waals surface area contributed by atoms with Crippen molar-refractivity contribution in [1.82, 2.24) is 0 Å². The van der Waals surface area contributed by atoms with Crippen molar-refractivity contribution in [1.29, 1.82) is 0 Å². The van der Waals surface area contributed by atoms with Gasteiger partial charge in [0.25, 0.3) is 0 Å². The zero-order valence-electron chi connectivity index (χ0n) is 54.4. The molecule has 0 atom stereocenters. The fourth-order valence-corrected chi connectivity index (χ4v) is 5.87. The van der Waals surface area contributed by atoms with Crippen LogP contribution in [0, 0.1) is 0 Å². The first-order chi connectivity index (χ1) is 36.8. The third kappa shape index (κ3) is 4.40. The lowest BCUT2D eigenvalue weighted by Crippen LogP contribution is -1.94. The minimum Gasteiger partial charge on any atom is -0.456 e. The number of para-hydroxylation sites is 1. The maximum absolute atomic E-state index is 10.6. The van der Waals surface area contributed by atoms with E-state index in [1.165, 1.54) is 0 Å². The van der Waals surface area contributed by atoms with E-state index in [0.29, 0.717) is 0 Å². The predicted octanol–water partition coefficient (Wildman–Crippen LogP) is 13.7. The van der Waals surface area contributed by atoms with E-state index in [2.05, 4.69) is 0 Å². The van der Waals surface area contributed by atoms with Crippen molar-refractivity contribution < 1.29 is 45.5 Å². The van der Waals surface area contributed by atoms with Gasteiger partial charge in [-0.3, -0.25) is 0 Å². The van der Waals surface area contributed by atoms with E-state index in [0.717, 1.165) is 0 Å². The molecule has 0 fully saturated rings. The van der Waals surface area contributed by atoms with Gasteiger partial charge in [0.1, 0.15) is 11.2 Å². The van der Waals surface area contributed by atoms with Crippen molar-refractivity contribution in [2.75, 3.05) is 0 Å². The lowest BCUT2D eigenvalue weighted by Gasteiger charge is -2.21. The van der Waals surface area contributed by atoms with E-state index < -0.39 is 280 Å². The zero-order chi connectivity index (χ0) is 58.4. The fraction of sp³-hybridized carbons (Fsp3) is 0. The Kier molecular flexibility index (Phi) is 2.50. The molecule has 1 nitrogen and oxygen atoms in total. The average Bonchev–Trinajstić information content (AvgIpc) is 3.92. The number of benzene rings is 9. The number of fused-ring (bicyclic) bond motifs is 6. The van der Waals surface area contributed by atoms with Crippen LogP contribution in [0.5, 0.6) is 0 Å². The number of rotatable bonds is 4. The van der Waals surface area contributed by atoms with Gasteiger partial charge in [-0.1, -0.05) is 151 Å². The molecule has 0 radical (unpaired) electrons. The summed E-state index contributed by atoms with van der Waals surface area (Å²) in [7, 11) is 0. The Morgan fingerprint density at radius 2 is 0.857 bits per heavy atom. The summed E-state index contributed by atoms with van der Waals surface area (Å²) < 4.78 is 279. The van der Waals surface area contributed by atoms with Crippen molar-refractivity contribution >= 4 is 54.3 Å². The van der Waals surface area contributed by atoms with Gasteiger partial charge >= 0.3 is 0 Å². The molecule has 0 aliphatic rings. The fourth-order valence-electron chi connectivity index (χ4n) is 5.87. The van der Waals surface area contributed by atoms with Gasteiger partial charge in [0, 0.05) is 10.8 Å². The van der Waals surface area contributed by atoms with Gasteiger partial charge in [0.2, 0.25) is 0 Å². The maximum atomic E-state index is 10.6. The second kappa shape index (κ2) is 11.1. The smallest absolute Gasteiger partial charge is 0.135 e. The topological polar surface area (TPSA) is 13.1 Å². The molecule has 10 rings (SSSR count). The van der Waals surface area contributed by atoms with Crippen LogP contribution in [-0.2, 0) is 0 Å². The molecule has 10 aromatic rings. The van der Waals surface area contributed by atoms with Crippen molar-refractivity contribution in [3.63, 3.8) is 0 Å². The third-order valence-corrected chi connectivity index (χ3v) is 7.89. The lowest BCUT2D eigenvalue weighted by atomic mass is 9.82. The summed E-state index contributed by atoms with van der Waals surface area (Å²) in [5, 5.41) is -6.25. The Morgan fingerprint density at radius 1 is 0.306 bits per heavy atom. The minimum atomic E-state index is -1.23.